The molecule has 124 valence electrons. The first-order valence-electron chi connectivity index (χ1n) is 7.18. The van der Waals surface area contributed by atoms with Gasteiger partial charge in [0.1, 0.15) is 5.78 Å². The summed E-state index contributed by atoms with van der Waals surface area (Å²) in [6, 6.07) is 24.6. The zero-order valence-electron chi connectivity index (χ0n) is 12.9. The van der Waals surface area contributed by atoms with E-state index in [-0.39, 0.29) is 28.6 Å². The van der Waals surface area contributed by atoms with Gasteiger partial charge in [0.05, 0.1) is 0 Å². The van der Waals surface area contributed by atoms with Gasteiger partial charge < -0.3 is 39.4 Å². The summed E-state index contributed by atoms with van der Waals surface area (Å²) in [7, 11) is 0. The van der Waals surface area contributed by atoms with Gasteiger partial charge in [-0.2, -0.15) is 12.1 Å². The van der Waals surface area contributed by atoms with Gasteiger partial charge >= 0.3 is 0 Å². The molecule has 3 aromatic carbocycles. The zero-order chi connectivity index (χ0) is 15.8. The summed E-state index contributed by atoms with van der Waals surface area (Å²) < 4.78 is 0. The van der Waals surface area contributed by atoms with Gasteiger partial charge in [-0.25, -0.2) is 12.1 Å². The Morgan fingerprint density at radius 2 is 1.52 bits per heavy atom. The Balaban J connectivity index is 0.000000253. The molecule has 0 amide bonds. The van der Waals surface area contributed by atoms with Gasteiger partial charge in [-0.3, -0.25) is 5.78 Å². The van der Waals surface area contributed by atoms with Crippen molar-refractivity contribution in [2.75, 3.05) is 0 Å². The number of hydrogen-bond acceptors (Lipinski definition) is 2. The average Bonchev–Trinajstić information content (AvgIpc) is 3.23. The predicted octanol–water partition coefficient (Wildman–Crippen LogP) is 4.44. The summed E-state index contributed by atoms with van der Waals surface area (Å²) >= 11 is 0. The standard InChI is InChI=1S/C13H11O.C7H7O.Fe/c14-13(12-8-4-5-9-12)10-11-6-2-1-3-7-11;1-6(8)7-4-2-3-5-7;/h1-9H,10H2;2-5H,1H3;/q-5;-1;. The predicted molar refractivity (Wildman–Crippen MR) is 88.6 cm³/mol. The van der Waals surface area contributed by atoms with E-state index < -0.39 is 0 Å². The molecule has 3 rings (SSSR count). The van der Waals surface area contributed by atoms with Crippen molar-refractivity contribution in [2.24, 2.45) is 0 Å². The Morgan fingerprint density at radius 1 is 0.957 bits per heavy atom. The number of carbonyl (C=O) groups is 2. The summed E-state index contributed by atoms with van der Waals surface area (Å²) in [6.07, 6.45) is 0.491. The smallest absolute Gasteiger partial charge is 0.105 e. The summed E-state index contributed by atoms with van der Waals surface area (Å²) in [6.45, 7) is 1.56. The monoisotopic (exact) mass is 346 g/mol. The number of carbonyl (C=O) groups excluding carboxylic acids is 2. The van der Waals surface area contributed by atoms with E-state index in [1.54, 1.807) is 6.92 Å². The van der Waals surface area contributed by atoms with Crippen LogP contribution in [0.5, 0.6) is 0 Å². The first kappa shape index (κ1) is 18.8. The summed E-state index contributed by atoms with van der Waals surface area (Å²) in [5.74, 6) is 0.316. The Bertz CT molecular complexity index is 695. The van der Waals surface area contributed by atoms with E-state index in [0.29, 0.717) is 6.42 Å². The number of rotatable bonds is 4. The number of ketones is 2. The van der Waals surface area contributed by atoms with Gasteiger partial charge in [0, 0.05) is 17.1 Å². The topological polar surface area (TPSA) is 34.1 Å². The van der Waals surface area contributed by atoms with Gasteiger partial charge in [0.2, 0.25) is 0 Å². The maximum atomic E-state index is 11.7. The van der Waals surface area contributed by atoms with Crippen molar-refractivity contribution < 1.29 is 26.7 Å². The van der Waals surface area contributed by atoms with Crippen LogP contribution in [0, 0.1) is 0 Å². The molecule has 23 heavy (non-hydrogen) atoms. The first-order chi connectivity index (χ1) is 10.7. The fraction of sp³-hybridized carbons (Fsp3) is 0.100. The van der Waals surface area contributed by atoms with Crippen molar-refractivity contribution >= 4 is 11.6 Å². The molecule has 0 fully saturated rings. The molecule has 3 aromatic rings. The largest absolute Gasteiger partial charge is 0.718 e. The van der Waals surface area contributed by atoms with Crippen LogP contribution in [0.25, 0.3) is 0 Å². The van der Waals surface area contributed by atoms with Gasteiger partial charge in [-0.15, -0.1) is 0 Å². The molecule has 0 aliphatic rings. The minimum Gasteiger partial charge on any atom is -0.718 e. The van der Waals surface area contributed by atoms with E-state index in [4.69, 9.17) is 0 Å². The first-order valence-corrected chi connectivity index (χ1v) is 7.18. The molecule has 0 spiro atoms. The van der Waals surface area contributed by atoms with Crippen molar-refractivity contribution in [3.63, 3.8) is 0 Å². The molecule has 0 saturated carbocycles. The van der Waals surface area contributed by atoms with Crippen LogP contribution in [0.3, 0.4) is 0 Å². The van der Waals surface area contributed by atoms with Gasteiger partial charge in [0.25, 0.3) is 0 Å². The maximum Gasteiger partial charge on any atom is 0.105 e. The molecule has 0 aliphatic carbocycles. The van der Waals surface area contributed by atoms with E-state index >= 15 is 0 Å². The molecule has 0 unspecified atom stereocenters. The Hall–Kier alpha value is -2.22. The molecule has 0 radical (unpaired) electrons. The van der Waals surface area contributed by atoms with Crippen LogP contribution in [-0.4, -0.2) is 11.6 Å². The molecular weight excluding hydrogens is 328 g/mol. The molecule has 0 aliphatic heterocycles. The quantitative estimate of drug-likeness (QED) is 0.398. The number of benzene rings is 1. The average molecular weight is 346 g/mol. The number of Topliss-reactive ketones (excluding diaryl/α,β-unsaturated/α-hetero) is 2. The van der Waals surface area contributed by atoms with Gasteiger partial charge in [-0.1, -0.05) is 47.9 Å². The molecule has 0 atom stereocenters. The second-order valence-corrected chi connectivity index (χ2v) is 4.99. The van der Waals surface area contributed by atoms with Gasteiger partial charge in [0.15, 0.2) is 0 Å². The number of hydrogen-bond donors (Lipinski definition) is 0. The van der Waals surface area contributed by atoms with Crippen molar-refractivity contribution in [3.8, 4) is 0 Å². The maximum absolute atomic E-state index is 11.7. The SMILES string of the molecule is CC(=O)[c-]1cccc1.O=C(Cc1ccccc1)[c-]1[cH-][cH-][cH-][cH-]1.[Fe]. The third-order valence-corrected chi connectivity index (χ3v) is 3.26. The van der Waals surface area contributed by atoms with Crippen LogP contribution in [-0.2, 0) is 23.5 Å². The Kier molecular flexibility index (Phi) is 7.96. The molecule has 2 nitrogen and oxygen atoms in total. The van der Waals surface area contributed by atoms with E-state index in [1.807, 2.05) is 78.9 Å². The van der Waals surface area contributed by atoms with E-state index in [0.717, 1.165) is 16.7 Å². The Labute approximate surface area is 147 Å². The summed E-state index contributed by atoms with van der Waals surface area (Å²) in [5.41, 5.74) is 2.66. The second kappa shape index (κ2) is 9.73. The van der Waals surface area contributed by atoms with Crippen LogP contribution in [0.2, 0.25) is 0 Å². The fourth-order valence-electron chi connectivity index (χ4n) is 2.05. The zero-order valence-corrected chi connectivity index (χ0v) is 14.0. The molecule has 0 N–H and O–H groups in total. The molecule has 0 saturated heterocycles. The normalized spacial score (nSPS) is 9.26. The van der Waals surface area contributed by atoms with Crippen molar-refractivity contribution in [2.45, 2.75) is 13.3 Å². The molecule has 0 heterocycles. The van der Waals surface area contributed by atoms with Gasteiger partial charge in [-0.05, 0) is 6.92 Å². The van der Waals surface area contributed by atoms with Crippen LogP contribution >= 0.6 is 0 Å². The molecule has 3 heteroatoms. The third kappa shape index (κ3) is 6.19. The van der Waals surface area contributed by atoms with E-state index in [9.17, 15) is 9.59 Å². The third-order valence-electron chi connectivity index (χ3n) is 3.26. The molecular formula is C20H18FeO2-6. The van der Waals surface area contributed by atoms with Crippen LogP contribution in [0.4, 0.5) is 0 Å². The Morgan fingerprint density at radius 3 is 2.00 bits per heavy atom. The minimum absolute atomic E-state index is 0. The van der Waals surface area contributed by atoms with Crippen molar-refractivity contribution in [1.82, 2.24) is 0 Å². The fourth-order valence-corrected chi connectivity index (χ4v) is 2.05. The van der Waals surface area contributed by atoms with Crippen LogP contribution < -0.4 is 0 Å². The van der Waals surface area contributed by atoms with Crippen molar-refractivity contribution in [3.05, 3.63) is 95.6 Å². The summed E-state index contributed by atoms with van der Waals surface area (Å²) in [4.78, 5) is 22.2. The second-order valence-electron chi connectivity index (χ2n) is 4.99. The molecule has 0 bridgehead atoms. The van der Waals surface area contributed by atoms with Crippen molar-refractivity contribution in [1.29, 1.82) is 0 Å². The minimum atomic E-state index is 0. The van der Waals surface area contributed by atoms with Crippen LogP contribution in [0.15, 0.2) is 78.9 Å². The van der Waals surface area contributed by atoms with Crippen LogP contribution in [0.1, 0.15) is 33.2 Å². The molecule has 0 aromatic heterocycles. The van der Waals surface area contributed by atoms with E-state index in [2.05, 4.69) is 0 Å². The van der Waals surface area contributed by atoms with E-state index in [1.165, 1.54) is 0 Å². The summed E-state index contributed by atoms with van der Waals surface area (Å²) in [5, 5.41) is 0.